The van der Waals surface area contributed by atoms with Gasteiger partial charge in [0.2, 0.25) is 0 Å². The minimum absolute atomic E-state index is 0.194. The van der Waals surface area contributed by atoms with Crippen molar-refractivity contribution in [2.24, 2.45) is 0 Å². The monoisotopic (exact) mass is 411 g/mol. The average Bonchev–Trinajstić information content (AvgIpc) is 2.49. The molecule has 0 unspecified atom stereocenters. The molecule has 6 heteroatoms. The molecule has 0 fully saturated rings. The first-order valence-corrected chi connectivity index (χ1v) is 8.14. The minimum Gasteiger partial charge on any atom is -0.384 e. The lowest BCUT2D eigenvalue weighted by molar-refractivity contribution is 0.102. The summed E-state index contributed by atoms with van der Waals surface area (Å²) in [6.07, 6.45) is 4.23. The van der Waals surface area contributed by atoms with Crippen molar-refractivity contribution in [3.8, 4) is 0 Å². The fourth-order valence-electron chi connectivity index (χ4n) is 1.77. The van der Waals surface area contributed by atoms with Crippen LogP contribution in [0.25, 0.3) is 0 Å². The van der Waals surface area contributed by atoms with E-state index in [4.69, 9.17) is 0 Å². The van der Waals surface area contributed by atoms with Crippen LogP contribution in [0.15, 0.2) is 45.6 Å². The van der Waals surface area contributed by atoms with Crippen LogP contribution in [0, 0.1) is 0 Å². The summed E-state index contributed by atoms with van der Waals surface area (Å²) in [6, 6.07) is 7.43. The number of nitrogens with one attached hydrogen (secondary N) is 2. The lowest BCUT2D eigenvalue weighted by Gasteiger charge is -2.12. The number of nitrogens with zero attached hydrogens (tertiary/aromatic N) is 1. The second-order valence-electron chi connectivity index (χ2n) is 4.43. The van der Waals surface area contributed by atoms with Crippen molar-refractivity contribution in [3.05, 3.63) is 51.2 Å². The third-order valence-corrected chi connectivity index (χ3v) is 3.99. The fourth-order valence-corrected chi connectivity index (χ4v) is 2.48. The summed E-state index contributed by atoms with van der Waals surface area (Å²) in [6.45, 7) is 2.89. The molecule has 0 bridgehead atoms. The predicted molar refractivity (Wildman–Crippen MR) is 92.8 cm³/mol. The van der Waals surface area contributed by atoms with Crippen LogP contribution >= 0.6 is 31.9 Å². The Morgan fingerprint density at radius 3 is 2.81 bits per heavy atom. The second kappa shape index (κ2) is 7.56. The maximum absolute atomic E-state index is 12.4. The van der Waals surface area contributed by atoms with Crippen molar-refractivity contribution in [1.29, 1.82) is 0 Å². The number of aromatic nitrogens is 1. The summed E-state index contributed by atoms with van der Waals surface area (Å²) >= 11 is 6.82. The van der Waals surface area contributed by atoms with Crippen molar-refractivity contribution in [2.75, 3.05) is 17.2 Å². The molecule has 0 aliphatic carbocycles. The first-order valence-electron chi connectivity index (χ1n) is 6.56. The predicted octanol–water partition coefficient (Wildman–Crippen LogP) is 4.68. The molecular formula is C15H15Br2N3O. The van der Waals surface area contributed by atoms with Crippen LogP contribution < -0.4 is 10.6 Å². The molecule has 0 atom stereocenters. The SMILES string of the molecule is CCCNc1ccncc1C(=O)Nc1cc(Br)ccc1Br. The number of carbonyl (C=O) groups excluding carboxylic acids is 1. The van der Waals surface area contributed by atoms with E-state index < -0.39 is 0 Å². The molecule has 0 saturated heterocycles. The lowest BCUT2D eigenvalue weighted by atomic mass is 10.2. The molecule has 0 radical (unpaired) electrons. The molecule has 110 valence electrons. The number of pyridine rings is 1. The van der Waals surface area contributed by atoms with Gasteiger partial charge in [-0.1, -0.05) is 22.9 Å². The number of anilines is 2. The molecule has 0 aliphatic heterocycles. The van der Waals surface area contributed by atoms with E-state index in [-0.39, 0.29) is 5.91 Å². The molecule has 0 saturated carbocycles. The minimum atomic E-state index is -0.194. The summed E-state index contributed by atoms with van der Waals surface area (Å²) in [5.74, 6) is -0.194. The molecule has 1 amide bonds. The number of rotatable bonds is 5. The number of carbonyl (C=O) groups is 1. The highest BCUT2D eigenvalue weighted by molar-refractivity contribution is 9.11. The summed E-state index contributed by atoms with van der Waals surface area (Å²) < 4.78 is 1.72. The van der Waals surface area contributed by atoms with Crippen molar-refractivity contribution >= 4 is 49.1 Å². The van der Waals surface area contributed by atoms with Crippen LogP contribution in [0.3, 0.4) is 0 Å². The van der Waals surface area contributed by atoms with E-state index >= 15 is 0 Å². The largest absolute Gasteiger partial charge is 0.384 e. The molecule has 1 aromatic carbocycles. The Hall–Kier alpha value is -1.40. The summed E-state index contributed by atoms with van der Waals surface area (Å²) in [5, 5.41) is 6.12. The smallest absolute Gasteiger partial charge is 0.259 e. The average molecular weight is 413 g/mol. The number of amides is 1. The van der Waals surface area contributed by atoms with E-state index in [2.05, 4.69) is 54.4 Å². The topological polar surface area (TPSA) is 54.0 Å². The van der Waals surface area contributed by atoms with Gasteiger partial charge in [0.05, 0.1) is 16.9 Å². The summed E-state index contributed by atoms with van der Waals surface area (Å²) in [4.78, 5) is 16.5. The van der Waals surface area contributed by atoms with Gasteiger partial charge in [-0.15, -0.1) is 0 Å². The molecule has 2 aromatic rings. The molecule has 0 spiro atoms. The van der Waals surface area contributed by atoms with E-state index in [1.54, 1.807) is 18.5 Å². The molecule has 1 aromatic heterocycles. The Labute approximate surface area is 140 Å². The highest BCUT2D eigenvalue weighted by Gasteiger charge is 2.13. The van der Waals surface area contributed by atoms with E-state index in [0.29, 0.717) is 11.3 Å². The maximum Gasteiger partial charge on any atom is 0.259 e. The van der Waals surface area contributed by atoms with Gasteiger partial charge in [-0.3, -0.25) is 9.78 Å². The summed E-state index contributed by atoms with van der Waals surface area (Å²) in [5.41, 5.74) is 2.02. The third-order valence-electron chi connectivity index (χ3n) is 2.81. The van der Waals surface area contributed by atoms with Gasteiger partial charge < -0.3 is 10.6 Å². The first kappa shape index (κ1) is 16.0. The van der Waals surface area contributed by atoms with Crippen molar-refractivity contribution in [1.82, 2.24) is 4.98 Å². The molecule has 0 aliphatic rings. The summed E-state index contributed by atoms with van der Waals surface area (Å²) in [7, 11) is 0. The van der Waals surface area contributed by atoms with Crippen LogP contribution in [0.1, 0.15) is 23.7 Å². The van der Waals surface area contributed by atoms with Crippen molar-refractivity contribution in [3.63, 3.8) is 0 Å². The molecule has 4 nitrogen and oxygen atoms in total. The zero-order chi connectivity index (χ0) is 15.2. The zero-order valence-corrected chi connectivity index (χ0v) is 14.7. The van der Waals surface area contributed by atoms with E-state index in [1.165, 1.54) is 0 Å². The highest BCUT2D eigenvalue weighted by atomic mass is 79.9. The van der Waals surface area contributed by atoms with Gasteiger partial charge in [0.25, 0.3) is 5.91 Å². The van der Waals surface area contributed by atoms with Gasteiger partial charge >= 0.3 is 0 Å². The van der Waals surface area contributed by atoms with Gasteiger partial charge in [-0.2, -0.15) is 0 Å². The normalized spacial score (nSPS) is 10.2. The zero-order valence-electron chi connectivity index (χ0n) is 11.5. The quantitative estimate of drug-likeness (QED) is 0.749. The molecule has 2 N–H and O–H groups in total. The number of hydrogen-bond donors (Lipinski definition) is 2. The van der Waals surface area contributed by atoms with Gasteiger partial charge in [-0.05, 0) is 46.6 Å². The number of benzene rings is 1. The third kappa shape index (κ3) is 4.28. The standard InChI is InChI=1S/C15H15Br2N3O/c1-2-6-19-13-5-7-18-9-11(13)15(21)20-14-8-10(16)3-4-12(14)17/h3-5,7-9H,2,6H2,1H3,(H,18,19)(H,20,21). The van der Waals surface area contributed by atoms with Crippen LogP contribution in [-0.4, -0.2) is 17.4 Å². The van der Waals surface area contributed by atoms with Crippen LogP contribution in [0.4, 0.5) is 11.4 Å². The molecule has 21 heavy (non-hydrogen) atoms. The molecular weight excluding hydrogens is 398 g/mol. The van der Waals surface area contributed by atoms with Gasteiger partial charge in [-0.25, -0.2) is 0 Å². The van der Waals surface area contributed by atoms with Crippen LogP contribution in [0.5, 0.6) is 0 Å². The fraction of sp³-hybridized carbons (Fsp3) is 0.200. The second-order valence-corrected chi connectivity index (χ2v) is 6.20. The van der Waals surface area contributed by atoms with Crippen LogP contribution in [-0.2, 0) is 0 Å². The number of hydrogen-bond acceptors (Lipinski definition) is 3. The lowest BCUT2D eigenvalue weighted by Crippen LogP contribution is -2.15. The van der Waals surface area contributed by atoms with Gasteiger partial charge in [0, 0.05) is 27.9 Å². The maximum atomic E-state index is 12.4. The highest BCUT2D eigenvalue weighted by Crippen LogP contribution is 2.27. The first-order chi connectivity index (χ1) is 10.1. The van der Waals surface area contributed by atoms with Gasteiger partial charge in [0.1, 0.15) is 0 Å². The van der Waals surface area contributed by atoms with Crippen LogP contribution in [0.2, 0.25) is 0 Å². The van der Waals surface area contributed by atoms with E-state index in [0.717, 1.165) is 27.6 Å². The van der Waals surface area contributed by atoms with E-state index in [9.17, 15) is 4.79 Å². The Morgan fingerprint density at radius 1 is 1.24 bits per heavy atom. The van der Waals surface area contributed by atoms with E-state index in [1.807, 2.05) is 18.2 Å². The Balaban J connectivity index is 2.22. The Kier molecular flexibility index (Phi) is 5.76. The van der Waals surface area contributed by atoms with Gasteiger partial charge in [0.15, 0.2) is 0 Å². The van der Waals surface area contributed by atoms with Crippen molar-refractivity contribution < 1.29 is 4.79 Å². The molecule has 2 rings (SSSR count). The molecule has 1 heterocycles. The number of halogens is 2. The van der Waals surface area contributed by atoms with Crippen molar-refractivity contribution in [2.45, 2.75) is 13.3 Å². The Bertz CT molecular complexity index is 647. The Morgan fingerprint density at radius 2 is 2.05 bits per heavy atom.